The van der Waals surface area contributed by atoms with Crippen LogP contribution in [-0.4, -0.2) is 32.9 Å². The van der Waals surface area contributed by atoms with Crippen LogP contribution in [0.15, 0.2) is 0 Å². The molecule has 0 fully saturated rings. The second kappa shape index (κ2) is 27800. The van der Waals surface area contributed by atoms with Crippen molar-refractivity contribution in [2.24, 2.45) is 0 Å². The quantitative estimate of drug-likeness (QED) is 0.386. The molecular weight excluding hydrogens is 328 g/mol. The fourth-order valence-corrected chi connectivity index (χ4v) is 0. The van der Waals surface area contributed by atoms with Crippen molar-refractivity contribution < 1.29 is 87.9 Å². The Morgan fingerprint density at radius 1 is 0.235 bits per heavy atom. The van der Waals surface area contributed by atoms with Crippen LogP contribution in [0, 0.1) is 0 Å². The van der Waals surface area contributed by atoms with Crippen LogP contribution < -0.4 is 49.9 Å². The molecule has 128 valence electrons. The Kier molecular flexibility index (Phi) is 55300000. The summed E-state index contributed by atoms with van der Waals surface area (Å²) >= 11 is 0. The molecule has 0 aliphatic carbocycles. The molecule has 0 radical (unpaired) electrons. The molecule has 8 nitrogen and oxygen atoms in total. The standard InChI is InChI=1S/Cr.8FH.2H3N.6H2O/h;8*1H;2*1H3;6*1H2/q+6;;;;;;;;;;;;;;;;/p-6. The third kappa shape index (κ3) is 24200. The summed E-state index contributed by atoms with van der Waals surface area (Å²) in [5.41, 5.74) is 0. The molecule has 17 heteroatoms. The van der Waals surface area contributed by atoms with Crippen LogP contribution in [0.1, 0.15) is 0 Å². The number of halogens is 8. The minimum Gasteiger partial charge on any atom is -1.00 e. The van der Waals surface area contributed by atoms with Gasteiger partial charge in [-0.3, -0.25) is 0 Å². The first-order valence-corrected chi connectivity index (χ1v) is 0. The van der Waals surface area contributed by atoms with Crippen LogP contribution in [-0.2, 0) is 17.4 Å². The number of rotatable bonds is 0. The predicted molar refractivity (Wildman–Crippen MR) is 33.7 cm³/mol. The van der Waals surface area contributed by atoms with Gasteiger partial charge in [0.05, 0.1) is 0 Å². The number of hydrogen-bond acceptors (Lipinski definition) is 0. The second-order valence-corrected chi connectivity index (χ2v) is 0. The van der Waals surface area contributed by atoms with Crippen molar-refractivity contribution in [2.45, 2.75) is 0 Å². The van der Waals surface area contributed by atoms with E-state index in [-0.39, 0.29) is 100 Å². The zero-order chi connectivity index (χ0) is 0. The summed E-state index contributed by atoms with van der Waals surface area (Å²) < 4.78 is 0. The van der Waals surface area contributed by atoms with Crippen molar-refractivity contribution in [1.29, 1.82) is 0 Å². The van der Waals surface area contributed by atoms with Crippen LogP contribution >= 0.6 is 0 Å². The van der Waals surface area contributed by atoms with E-state index in [2.05, 4.69) is 0 Å². The molecule has 0 spiro atoms. The van der Waals surface area contributed by atoms with Gasteiger partial charge < -0.3 is 82.8 Å². The predicted octanol–water partition coefficient (Wildman–Crippen LogP) is -28.2. The molecular formula is H20CrF8N2O6. The fraction of sp³-hybridized carbons (Fsp3) is 0. The maximum Gasteiger partial charge on any atom is 6.00 e. The van der Waals surface area contributed by atoms with Gasteiger partial charge in [0.2, 0.25) is 0 Å². The van der Waals surface area contributed by atoms with E-state index < -0.39 is 0 Å². The fourth-order valence-electron chi connectivity index (χ4n) is 0. The average Bonchev–Trinajstić information content (AvgIpc) is 0. The van der Waals surface area contributed by atoms with Gasteiger partial charge in [-0.05, 0) is 0 Å². The molecule has 0 atom stereocenters. The van der Waals surface area contributed by atoms with Crippen LogP contribution in [0.3, 0.4) is 0 Å². The van der Waals surface area contributed by atoms with Gasteiger partial charge in [0, 0.05) is 0 Å². The van der Waals surface area contributed by atoms with Gasteiger partial charge in [-0.1, -0.05) is 0 Å². The Labute approximate surface area is 101 Å². The molecule has 0 bridgehead atoms. The van der Waals surface area contributed by atoms with Crippen molar-refractivity contribution in [2.75, 3.05) is 0 Å². The number of quaternary nitrogens is 2. The van der Waals surface area contributed by atoms with Crippen LogP contribution in [0.4, 0.5) is 0 Å². The normalized spacial score (nSPS) is 0. The van der Waals surface area contributed by atoms with Gasteiger partial charge in [-0.2, -0.15) is 0 Å². The zero-order valence-electron chi connectivity index (χ0n) is 8.43. The van der Waals surface area contributed by atoms with E-state index in [1.54, 1.807) is 0 Å². The van der Waals surface area contributed by atoms with Crippen molar-refractivity contribution >= 4 is 0 Å². The molecule has 0 saturated carbocycles. The van der Waals surface area contributed by atoms with Crippen molar-refractivity contribution in [1.82, 2.24) is 12.3 Å². The van der Waals surface area contributed by atoms with Crippen molar-refractivity contribution in [3.63, 3.8) is 0 Å². The molecule has 0 aromatic heterocycles. The van der Waals surface area contributed by atoms with Crippen molar-refractivity contribution in [3.8, 4) is 0 Å². The van der Waals surface area contributed by atoms with E-state index in [1.165, 1.54) is 0 Å². The van der Waals surface area contributed by atoms with Gasteiger partial charge in [0.25, 0.3) is 0 Å². The summed E-state index contributed by atoms with van der Waals surface area (Å²) in [6, 6.07) is 0. The second-order valence-electron chi connectivity index (χ2n) is 0. The largest absolute Gasteiger partial charge is 6.00 e. The van der Waals surface area contributed by atoms with E-state index in [0.29, 0.717) is 0 Å². The van der Waals surface area contributed by atoms with E-state index in [0.717, 1.165) is 0 Å². The first-order chi connectivity index (χ1) is 0. The summed E-state index contributed by atoms with van der Waals surface area (Å²) in [6.45, 7) is 0. The Morgan fingerprint density at radius 2 is 0.235 bits per heavy atom. The molecule has 0 rings (SSSR count). The summed E-state index contributed by atoms with van der Waals surface area (Å²) in [6.07, 6.45) is 0. The van der Waals surface area contributed by atoms with Gasteiger partial charge in [0.1, 0.15) is 0 Å². The van der Waals surface area contributed by atoms with E-state index >= 15 is 0 Å². The SMILES string of the molecule is O.O.O.O.O.O.[Cr+6].[F-].[F-].[F-].[F-].[F-].[F-].[F-].[F-].[NH4+].[NH4+]. The molecule has 0 saturated heterocycles. The molecule has 0 aromatic carbocycles. The third-order valence-electron chi connectivity index (χ3n) is 0. The molecule has 0 heterocycles. The average molecular weight is 348 g/mol. The van der Waals surface area contributed by atoms with Crippen LogP contribution in [0.2, 0.25) is 0 Å². The van der Waals surface area contributed by atoms with E-state index in [1.807, 2.05) is 0 Å². The summed E-state index contributed by atoms with van der Waals surface area (Å²) in [5, 5.41) is 0. The Balaban J connectivity index is 0. The molecule has 20 N–H and O–H groups in total. The molecule has 17 heavy (non-hydrogen) atoms. The minimum absolute atomic E-state index is 0. The number of hydrogen-bond donors (Lipinski definition) is 2. The van der Waals surface area contributed by atoms with Crippen LogP contribution in [0.25, 0.3) is 0 Å². The minimum atomic E-state index is 0. The summed E-state index contributed by atoms with van der Waals surface area (Å²) in [5.74, 6) is 0. The first-order valence-electron chi connectivity index (χ1n) is 0. The van der Waals surface area contributed by atoms with Gasteiger partial charge in [0.15, 0.2) is 0 Å². The monoisotopic (exact) mass is 348 g/mol. The maximum atomic E-state index is 0. The Morgan fingerprint density at radius 3 is 0.235 bits per heavy atom. The van der Waals surface area contributed by atoms with Gasteiger partial charge >= 0.3 is 17.4 Å². The summed E-state index contributed by atoms with van der Waals surface area (Å²) in [7, 11) is 0. The Hall–Kier alpha value is -0.348. The topological polar surface area (TPSA) is 262 Å². The van der Waals surface area contributed by atoms with Gasteiger partial charge in [-0.25, -0.2) is 0 Å². The van der Waals surface area contributed by atoms with Crippen molar-refractivity contribution in [3.05, 3.63) is 0 Å². The molecule has 0 aliphatic rings. The third-order valence-corrected chi connectivity index (χ3v) is 0. The first kappa shape index (κ1) is 33800. The molecule has 0 aromatic rings. The van der Waals surface area contributed by atoms with E-state index in [9.17, 15) is 0 Å². The Bertz CT molecular complexity index is 28.0. The van der Waals surface area contributed by atoms with Crippen LogP contribution in [0.5, 0.6) is 0 Å². The maximum absolute atomic E-state index is 0. The zero-order valence-corrected chi connectivity index (χ0v) is 9.71. The molecule has 0 aliphatic heterocycles. The van der Waals surface area contributed by atoms with E-state index in [4.69, 9.17) is 0 Å². The smallest absolute Gasteiger partial charge is 1.00 e. The summed E-state index contributed by atoms with van der Waals surface area (Å²) in [4.78, 5) is 0. The molecule has 0 unspecified atom stereocenters. The molecule has 0 amide bonds. The van der Waals surface area contributed by atoms with Gasteiger partial charge in [-0.15, -0.1) is 0 Å².